The summed E-state index contributed by atoms with van der Waals surface area (Å²) in [4.78, 5) is 41.3. The number of thiophene rings is 1. The van der Waals surface area contributed by atoms with Crippen LogP contribution in [0.5, 0.6) is 0 Å². The number of hydrogen-bond donors (Lipinski definition) is 2. The highest BCUT2D eigenvalue weighted by Gasteiger charge is 2.24. The highest BCUT2D eigenvalue weighted by molar-refractivity contribution is 7.15. The molecule has 0 unspecified atom stereocenters. The van der Waals surface area contributed by atoms with E-state index in [0.717, 1.165) is 24.2 Å². The van der Waals surface area contributed by atoms with Gasteiger partial charge in [0, 0.05) is 43.7 Å². The molecule has 0 aliphatic carbocycles. The van der Waals surface area contributed by atoms with Crippen molar-refractivity contribution in [3.8, 4) is 11.1 Å². The van der Waals surface area contributed by atoms with Crippen LogP contribution in [0.4, 0.5) is 5.00 Å². The van der Waals surface area contributed by atoms with E-state index in [1.807, 2.05) is 42.6 Å². The fourth-order valence-corrected chi connectivity index (χ4v) is 4.59. The van der Waals surface area contributed by atoms with E-state index in [0.29, 0.717) is 36.7 Å². The lowest BCUT2D eigenvalue weighted by molar-refractivity contribution is -0.123. The van der Waals surface area contributed by atoms with Gasteiger partial charge in [0.25, 0.3) is 0 Å². The van der Waals surface area contributed by atoms with Crippen molar-refractivity contribution in [2.75, 3.05) is 57.7 Å². The molecule has 0 radical (unpaired) electrons. The molecule has 172 valence electrons. The first-order valence-electron chi connectivity index (χ1n) is 10.9. The zero-order valence-corrected chi connectivity index (χ0v) is 19.4. The third kappa shape index (κ3) is 6.38. The topological polar surface area (TPSA) is 91.0 Å². The molecule has 8 nitrogen and oxygen atoms in total. The first-order chi connectivity index (χ1) is 15.5. The van der Waals surface area contributed by atoms with Crippen LogP contribution in [-0.4, -0.2) is 80.0 Å². The van der Waals surface area contributed by atoms with E-state index < -0.39 is 5.97 Å². The van der Waals surface area contributed by atoms with Crippen LogP contribution in [0.3, 0.4) is 0 Å². The molecule has 1 aliphatic rings. The van der Waals surface area contributed by atoms with Crippen molar-refractivity contribution in [2.24, 2.45) is 0 Å². The quantitative estimate of drug-likeness (QED) is 0.561. The predicted octanol–water partition coefficient (Wildman–Crippen LogP) is 2.28. The molecule has 32 heavy (non-hydrogen) atoms. The molecular formula is C23H30N4O4S. The van der Waals surface area contributed by atoms with Crippen LogP contribution >= 0.6 is 11.3 Å². The molecule has 0 atom stereocenters. The van der Waals surface area contributed by atoms with Crippen molar-refractivity contribution in [1.29, 1.82) is 0 Å². The summed E-state index contributed by atoms with van der Waals surface area (Å²) in [6, 6.07) is 9.59. The second-order valence-corrected chi connectivity index (χ2v) is 8.37. The molecule has 1 fully saturated rings. The van der Waals surface area contributed by atoms with Gasteiger partial charge in [0.05, 0.1) is 19.7 Å². The Morgan fingerprint density at radius 2 is 1.59 bits per heavy atom. The standard InChI is InChI=1S/C23H30N4O4S/c1-3-24-19(28)14-26-10-12-27(13-11-26)15-20(29)25-22-21(23(30)31-4-2)18(16-32-22)17-8-6-5-7-9-17/h5-9,16H,3-4,10-15H2,1-2H3,(H,24,28)(H,25,29). The van der Waals surface area contributed by atoms with Gasteiger partial charge in [0.1, 0.15) is 10.6 Å². The zero-order valence-electron chi connectivity index (χ0n) is 18.6. The van der Waals surface area contributed by atoms with E-state index in [4.69, 9.17) is 4.74 Å². The second kappa shape index (κ2) is 11.8. The Bertz CT molecular complexity index is 923. The van der Waals surface area contributed by atoms with Gasteiger partial charge < -0.3 is 15.4 Å². The molecule has 1 aromatic heterocycles. The number of piperazine rings is 1. The van der Waals surface area contributed by atoms with Crippen LogP contribution in [-0.2, 0) is 14.3 Å². The second-order valence-electron chi connectivity index (χ2n) is 7.49. The maximum atomic E-state index is 12.7. The number of nitrogens with zero attached hydrogens (tertiary/aromatic N) is 2. The van der Waals surface area contributed by atoms with Crippen LogP contribution in [0.1, 0.15) is 24.2 Å². The Kier molecular flexibility index (Phi) is 8.78. The maximum absolute atomic E-state index is 12.7. The third-order valence-electron chi connectivity index (χ3n) is 5.18. The van der Waals surface area contributed by atoms with Gasteiger partial charge in [-0.25, -0.2) is 4.79 Å². The van der Waals surface area contributed by atoms with Gasteiger partial charge in [-0.15, -0.1) is 11.3 Å². The molecule has 2 heterocycles. The van der Waals surface area contributed by atoms with Gasteiger partial charge >= 0.3 is 5.97 Å². The lowest BCUT2D eigenvalue weighted by atomic mass is 10.0. The summed E-state index contributed by atoms with van der Waals surface area (Å²) in [6.45, 7) is 8.04. The number of anilines is 1. The van der Waals surface area contributed by atoms with E-state index >= 15 is 0 Å². The Morgan fingerprint density at radius 1 is 0.969 bits per heavy atom. The number of hydrogen-bond acceptors (Lipinski definition) is 7. The number of likely N-dealkylation sites (N-methyl/N-ethyl adjacent to an activating group) is 1. The van der Waals surface area contributed by atoms with Crippen LogP contribution in [0, 0.1) is 0 Å². The van der Waals surface area contributed by atoms with Crippen molar-refractivity contribution >= 4 is 34.1 Å². The molecule has 0 saturated carbocycles. The van der Waals surface area contributed by atoms with Crippen LogP contribution in [0.25, 0.3) is 11.1 Å². The summed E-state index contributed by atoms with van der Waals surface area (Å²) < 4.78 is 5.25. The average Bonchev–Trinajstić information content (AvgIpc) is 3.19. The molecule has 9 heteroatoms. The highest BCUT2D eigenvalue weighted by Crippen LogP contribution is 2.36. The molecule has 0 bridgehead atoms. The number of nitrogens with one attached hydrogen (secondary N) is 2. The monoisotopic (exact) mass is 458 g/mol. The lowest BCUT2D eigenvalue weighted by Gasteiger charge is -2.33. The van der Waals surface area contributed by atoms with E-state index in [-0.39, 0.29) is 25.0 Å². The van der Waals surface area contributed by atoms with Crippen molar-refractivity contribution in [3.63, 3.8) is 0 Å². The molecule has 1 saturated heterocycles. The number of carbonyl (C=O) groups excluding carboxylic acids is 3. The van der Waals surface area contributed by atoms with Crippen molar-refractivity contribution in [1.82, 2.24) is 15.1 Å². The van der Waals surface area contributed by atoms with E-state index in [1.54, 1.807) is 6.92 Å². The molecule has 1 aliphatic heterocycles. The first-order valence-corrected chi connectivity index (χ1v) is 11.7. The van der Waals surface area contributed by atoms with Gasteiger partial charge in [0.15, 0.2) is 0 Å². The van der Waals surface area contributed by atoms with Crippen LogP contribution < -0.4 is 10.6 Å². The normalized spacial score (nSPS) is 14.7. The smallest absolute Gasteiger partial charge is 0.341 e. The fraction of sp³-hybridized carbons (Fsp3) is 0.435. The molecule has 2 amide bonds. The maximum Gasteiger partial charge on any atom is 0.341 e. The van der Waals surface area contributed by atoms with E-state index in [9.17, 15) is 14.4 Å². The average molecular weight is 459 g/mol. The highest BCUT2D eigenvalue weighted by atomic mass is 32.1. The molecular weight excluding hydrogens is 428 g/mol. The summed E-state index contributed by atoms with van der Waals surface area (Å²) >= 11 is 1.32. The lowest BCUT2D eigenvalue weighted by Crippen LogP contribution is -2.51. The Hall–Kier alpha value is -2.75. The van der Waals surface area contributed by atoms with E-state index in [2.05, 4.69) is 20.4 Å². The SMILES string of the molecule is CCNC(=O)CN1CCN(CC(=O)Nc2scc(-c3ccccc3)c2C(=O)OCC)CC1. The Morgan fingerprint density at radius 3 is 2.19 bits per heavy atom. The fourth-order valence-electron chi connectivity index (χ4n) is 3.62. The van der Waals surface area contributed by atoms with Gasteiger partial charge in [-0.05, 0) is 19.4 Å². The Balaban J connectivity index is 1.61. The number of carbonyl (C=O) groups is 3. The summed E-state index contributed by atoms with van der Waals surface area (Å²) in [5.41, 5.74) is 2.04. The van der Waals surface area contributed by atoms with Crippen LogP contribution in [0.15, 0.2) is 35.7 Å². The van der Waals surface area contributed by atoms with Gasteiger partial charge in [0.2, 0.25) is 11.8 Å². The van der Waals surface area contributed by atoms with Gasteiger partial charge in [-0.2, -0.15) is 0 Å². The Labute approximate surface area is 192 Å². The van der Waals surface area contributed by atoms with Crippen molar-refractivity contribution in [3.05, 3.63) is 41.3 Å². The summed E-state index contributed by atoms with van der Waals surface area (Å²) in [5.74, 6) is -0.590. The first kappa shape index (κ1) is 23.9. The minimum atomic E-state index is -0.443. The molecule has 3 rings (SSSR count). The third-order valence-corrected chi connectivity index (χ3v) is 6.08. The van der Waals surface area contributed by atoms with E-state index in [1.165, 1.54) is 11.3 Å². The zero-order chi connectivity index (χ0) is 22.9. The van der Waals surface area contributed by atoms with Crippen molar-refractivity contribution < 1.29 is 19.1 Å². The molecule has 0 spiro atoms. The summed E-state index contributed by atoms with van der Waals surface area (Å²) in [5, 5.41) is 8.09. The molecule has 2 aromatic rings. The summed E-state index contributed by atoms with van der Waals surface area (Å²) in [6.07, 6.45) is 0. The molecule has 1 aromatic carbocycles. The number of benzene rings is 1. The van der Waals surface area contributed by atoms with Crippen molar-refractivity contribution in [2.45, 2.75) is 13.8 Å². The number of rotatable bonds is 9. The van der Waals surface area contributed by atoms with Gasteiger partial charge in [-0.3, -0.25) is 19.4 Å². The summed E-state index contributed by atoms with van der Waals surface area (Å²) in [7, 11) is 0. The number of ether oxygens (including phenoxy) is 1. The number of esters is 1. The largest absolute Gasteiger partial charge is 0.462 e. The predicted molar refractivity (Wildman–Crippen MR) is 126 cm³/mol. The van der Waals surface area contributed by atoms with Crippen LogP contribution in [0.2, 0.25) is 0 Å². The number of amides is 2. The molecule has 2 N–H and O–H groups in total. The minimum Gasteiger partial charge on any atom is -0.462 e. The minimum absolute atomic E-state index is 0.0251. The van der Waals surface area contributed by atoms with Gasteiger partial charge in [-0.1, -0.05) is 30.3 Å².